The van der Waals surface area contributed by atoms with Gasteiger partial charge in [-0.15, -0.1) is 0 Å². The Bertz CT molecular complexity index is 737. The lowest BCUT2D eigenvalue weighted by Gasteiger charge is -2.11. The summed E-state index contributed by atoms with van der Waals surface area (Å²) in [4.78, 5) is 3.94. The molecular formula is C12H11BrFN3O2S. The highest BCUT2D eigenvalue weighted by atomic mass is 79.9. The van der Waals surface area contributed by atoms with Gasteiger partial charge in [0.15, 0.2) is 0 Å². The van der Waals surface area contributed by atoms with Crippen molar-refractivity contribution in [1.82, 2.24) is 4.98 Å². The van der Waals surface area contributed by atoms with Crippen molar-refractivity contribution in [3.8, 4) is 0 Å². The predicted molar refractivity (Wildman–Crippen MR) is 78.7 cm³/mol. The minimum absolute atomic E-state index is 0.0290. The molecule has 0 saturated carbocycles. The monoisotopic (exact) mass is 359 g/mol. The zero-order chi connectivity index (χ0) is 14.8. The number of benzene rings is 1. The lowest BCUT2D eigenvalue weighted by atomic mass is 10.3. The molecule has 8 heteroatoms. The third kappa shape index (κ3) is 3.26. The second-order valence-electron chi connectivity index (χ2n) is 3.87. The molecule has 2 N–H and O–H groups in total. The van der Waals surface area contributed by atoms with Crippen molar-refractivity contribution >= 4 is 37.5 Å². The fourth-order valence-corrected chi connectivity index (χ4v) is 3.30. The van der Waals surface area contributed by atoms with E-state index in [1.54, 1.807) is 7.05 Å². The summed E-state index contributed by atoms with van der Waals surface area (Å²) in [6, 6.07) is 6.64. The third-order valence-corrected chi connectivity index (χ3v) is 4.25. The molecule has 106 valence electrons. The van der Waals surface area contributed by atoms with Crippen molar-refractivity contribution in [2.75, 3.05) is 17.1 Å². The number of hydrogen-bond donors (Lipinski definition) is 2. The first-order chi connectivity index (χ1) is 9.42. The molecule has 1 aromatic heterocycles. The lowest BCUT2D eigenvalue weighted by molar-refractivity contribution is 0.601. The predicted octanol–water partition coefficient (Wildman–Crippen LogP) is 2.83. The minimum Gasteiger partial charge on any atom is -0.372 e. The van der Waals surface area contributed by atoms with E-state index in [9.17, 15) is 12.8 Å². The number of anilines is 2. The van der Waals surface area contributed by atoms with Crippen LogP contribution in [0.15, 0.2) is 45.9 Å². The zero-order valence-corrected chi connectivity index (χ0v) is 12.8. The van der Waals surface area contributed by atoms with E-state index in [0.717, 1.165) is 6.07 Å². The topological polar surface area (TPSA) is 71.1 Å². The molecule has 0 aliphatic heterocycles. The summed E-state index contributed by atoms with van der Waals surface area (Å²) in [5.41, 5.74) is 0.145. The molecule has 0 spiro atoms. The Kier molecular flexibility index (Phi) is 4.24. The molecule has 1 heterocycles. The molecule has 2 aromatic rings. The maximum atomic E-state index is 13.1. The summed E-state index contributed by atoms with van der Waals surface area (Å²) in [6.45, 7) is 0. The SMILES string of the molecule is CNc1ncc(Br)cc1S(=O)(=O)Nc1cccc(F)c1. The van der Waals surface area contributed by atoms with E-state index in [-0.39, 0.29) is 16.4 Å². The van der Waals surface area contributed by atoms with Gasteiger partial charge in [0.25, 0.3) is 10.0 Å². The standard InChI is InChI=1S/C12H11BrFN3O2S/c1-15-12-11(5-8(13)7-16-12)20(18,19)17-10-4-2-3-9(14)6-10/h2-7,17H,1H3,(H,15,16). The number of halogens is 2. The van der Waals surface area contributed by atoms with Crippen molar-refractivity contribution in [3.63, 3.8) is 0 Å². The van der Waals surface area contributed by atoms with Crippen molar-refractivity contribution in [2.45, 2.75) is 4.90 Å². The van der Waals surface area contributed by atoms with Gasteiger partial charge in [0.05, 0.1) is 5.69 Å². The fraction of sp³-hybridized carbons (Fsp3) is 0.0833. The highest BCUT2D eigenvalue weighted by Crippen LogP contribution is 2.25. The van der Waals surface area contributed by atoms with Crippen LogP contribution in [-0.4, -0.2) is 20.4 Å². The van der Waals surface area contributed by atoms with Crippen LogP contribution in [0.3, 0.4) is 0 Å². The Morgan fingerprint density at radius 1 is 1.30 bits per heavy atom. The average molecular weight is 360 g/mol. The normalized spacial score (nSPS) is 11.2. The maximum absolute atomic E-state index is 13.1. The molecule has 5 nitrogen and oxygen atoms in total. The molecular weight excluding hydrogens is 349 g/mol. The summed E-state index contributed by atoms with van der Waals surface area (Å²) in [5.74, 6) is -0.316. The molecule has 2 rings (SSSR count). The highest BCUT2D eigenvalue weighted by Gasteiger charge is 2.20. The first kappa shape index (κ1) is 14.7. The summed E-state index contributed by atoms with van der Waals surface area (Å²) < 4.78 is 40.5. The van der Waals surface area contributed by atoms with Crippen LogP contribution < -0.4 is 10.0 Å². The number of hydrogen-bond acceptors (Lipinski definition) is 4. The molecule has 20 heavy (non-hydrogen) atoms. The van der Waals surface area contributed by atoms with Crippen LogP contribution in [0.4, 0.5) is 15.9 Å². The molecule has 0 aliphatic carbocycles. The van der Waals surface area contributed by atoms with E-state index < -0.39 is 15.8 Å². The van der Waals surface area contributed by atoms with Gasteiger partial charge < -0.3 is 5.32 Å². The van der Waals surface area contributed by atoms with Gasteiger partial charge in [-0.05, 0) is 40.2 Å². The summed E-state index contributed by atoms with van der Waals surface area (Å²) in [7, 11) is -2.30. The molecule has 0 amide bonds. The van der Waals surface area contributed by atoms with Gasteiger partial charge in [0, 0.05) is 17.7 Å². The van der Waals surface area contributed by atoms with Gasteiger partial charge in [-0.25, -0.2) is 17.8 Å². The lowest BCUT2D eigenvalue weighted by Crippen LogP contribution is -2.15. The first-order valence-electron chi connectivity index (χ1n) is 5.54. The molecule has 0 saturated heterocycles. The molecule has 0 bridgehead atoms. The van der Waals surface area contributed by atoms with Crippen molar-refractivity contribution in [3.05, 3.63) is 46.8 Å². The molecule has 0 atom stereocenters. The minimum atomic E-state index is -3.87. The first-order valence-corrected chi connectivity index (χ1v) is 7.81. The zero-order valence-electron chi connectivity index (χ0n) is 10.4. The van der Waals surface area contributed by atoms with E-state index >= 15 is 0 Å². The van der Waals surface area contributed by atoms with Gasteiger partial charge in [0.2, 0.25) is 0 Å². The Hall–Kier alpha value is -1.67. The van der Waals surface area contributed by atoms with Crippen LogP contribution in [0.2, 0.25) is 0 Å². The Balaban J connectivity index is 2.43. The Morgan fingerprint density at radius 3 is 2.70 bits per heavy atom. The second-order valence-corrected chi connectivity index (χ2v) is 6.43. The van der Waals surface area contributed by atoms with E-state index in [1.807, 2.05) is 0 Å². The number of aromatic nitrogens is 1. The quantitative estimate of drug-likeness (QED) is 0.880. The second kappa shape index (κ2) is 5.76. The summed E-state index contributed by atoms with van der Waals surface area (Å²) >= 11 is 3.17. The van der Waals surface area contributed by atoms with E-state index in [1.165, 1.54) is 30.5 Å². The van der Waals surface area contributed by atoms with E-state index in [4.69, 9.17) is 0 Å². The van der Waals surface area contributed by atoms with Crippen molar-refractivity contribution in [1.29, 1.82) is 0 Å². The van der Waals surface area contributed by atoms with Crippen LogP contribution in [0, 0.1) is 5.82 Å². The number of pyridine rings is 1. The average Bonchev–Trinajstić information content (AvgIpc) is 2.38. The Morgan fingerprint density at radius 2 is 2.05 bits per heavy atom. The molecule has 0 aliphatic rings. The van der Waals surface area contributed by atoms with E-state index in [2.05, 4.69) is 31.0 Å². The fourth-order valence-electron chi connectivity index (χ4n) is 1.58. The molecule has 1 aromatic carbocycles. The summed E-state index contributed by atoms with van der Waals surface area (Å²) in [5, 5.41) is 2.70. The number of sulfonamides is 1. The third-order valence-electron chi connectivity index (χ3n) is 2.42. The smallest absolute Gasteiger partial charge is 0.265 e. The van der Waals surface area contributed by atoms with Crippen molar-refractivity contribution in [2.24, 2.45) is 0 Å². The summed E-state index contributed by atoms with van der Waals surface area (Å²) in [6.07, 6.45) is 1.48. The Labute approximate surface area is 124 Å². The van der Waals surface area contributed by atoms with Crippen LogP contribution >= 0.6 is 15.9 Å². The van der Waals surface area contributed by atoms with E-state index in [0.29, 0.717) is 4.47 Å². The van der Waals surface area contributed by atoms with Crippen molar-refractivity contribution < 1.29 is 12.8 Å². The van der Waals surface area contributed by atoms with Gasteiger partial charge in [-0.2, -0.15) is 0 Å². The van der Waals surface area contributed by atoms with Crippen LogP contribution in [0.1, 0.15) is 0 Å². The number of nitrogens with one attached hydrogen (secondary N) is 2. The molecule has 0 radical (unpaired) electrons. The number of rotatable bonds is 4. The van der Waals surface area contributed by atoms with Crippen LogP contribution in [0.25, 0.3) is 0 Å². The highest BCUT2D eigenvalue weighted by molar-refractivity contribution is 9.10. The maximum Gasteiger partial charge on any atom is 0.265 e. The molecule has 0 fully saturated rings. The van der Waals surface area contributed by atoms with Crippen LogP contribution in [0.5, 0.6) is 0 Å². The molecule has 0 unspecified atom stereocenters. The van der Waals surface area contributed by atoms with Gasteiger partial charge in [-0.3, -0.25) is 4.72 Å². The van der Waals surface area contributed by atoms with Gasteiger partial charge in [-0.1, -0.05) is 6.07 Å². The number of nitrogens with zero attached hydrogens (tertiary/aromatic N) is 1. The van der Waals surface area contributed by atoms with Gasteiger partial charge in [0.1, 0.15) is 16.5 Å². The van der Waals surface area contributed by atoms with Gasteiger partial charge >= 0.3 is 0 Å². The van der Waals surface area contributed by atoms with Crippen LogP contribution in [-0.2, 0) is 10.0 Å². The largest absolute Gasteiger partial charge is 0.372 e.